The van der Waals surface area contributed by atoms with E-state index in [-0.39, 0.29) is 41.9 Å². The molecule has 1 heterocycles. The van der Waals surface area contributed by atoms with Crippen molar-refractivity contribution in [1.82, 2.24) is 30.9 Å². The number of halogens is 4. The fraction of sp³-hybridized carbons (Fsp3) is 0.486. The van der Waals surface area contributed by atoms with Gasteiger partial charge in [-0.3, -0.25) is 14.4 Å². The number of aliphatic carboxylic acids is 1. The van der Waals surface area contributed by atoms with Gasteiger partial charge in [-0.15, -0.1) is 0 Å². The molecule has 0 bridgehead atoms. The van der Waals surface area contributed by atoms with Crippen molar-refractivity contribution >= 4 is 52.9 Å². The maximum Gasteiger partial charge on any atom is 0.422 e. The monoisotopic (exact) mass is 788 g/mol. The first-order chi connectivity index (χ1) is 25.9. The number of nitrogens with one attached hydrogen (secondary N) is 5. The van der Waals surface area contributed by atoms with Gasteiger partial charge in [-0.1, -0.05) is 44.5 Å². The van der Waals surface area contributed by atoms with Crippen LogP contribution in [-0.2, 0) is 19.9 Å². The molecule has 0 aliphatic heterocycles. The lowest BCUT2D eigenvalue weighted by Crippen LogP contribution is -2.48. The molecule has 55 heavy (non-hydrogen) atoms. The summed E-state index contributed by atoms with van der Waals surface area (Å²) in [7, 11) is 0. The van der Waals surface area contributed by atoms with E-state index in [0.717, 1.165) is 31.2 Å². The van der Waals surface area contributed by atoms with Gasteiger partial charge in [0.05, 0.1) is 5.54 Å². The van der Waals surface area contributed by atoms with Gasteiger partial charge in [0, 0.05) is 28.9 Å². The summed E-state index contributed by atoms with van der Waals surface area (Å²) < 4.78 is 43.7. The van der Waals surface area contributed by atoms with Crippen molar-refractivity contribution < 1.29 is 42.2 Å². The number of aromatic nitrogens is 3. The largest absolute Gasteiger partial charge is 0.480 e. The fourth-order valence-electron chi connectivity index (χ4n) is 6.37. The van der Waals surface area contributed by atoms with Gasteiger partial charge < -0.3 is 36.4 Å². The molecule has 0 spiro atoms. The maximum absolute atomic E-state index is 13.0. The minimum atomic E-state index is -4.64. The zero-order chi connectivity index (χ0) is 40.0. The molecular weight excluding hydrogens is 745 g/mol. The first-order valence-corrected chi connectivity index (χ1v) is 18.3. The van der Waals surface area contributed by atoms with Crippen LogP contribution in [0.3, 0.4) is 0 Å². The van der Waals surface area contributed by atoms with Gasteiger partial charge in [-0.25, -0.2) is 4.79 Å². The molecule has 0 unspecified atom stereocenters. The summed E-state index contributed by atoms with van der Waals surface area (Å²) in [4.78, 5) is 62.0. The Labute approximate surface area is 320 Å². The summed E-state index contributed by atoms with van der Waals surface area (Å²) in [6.45, 7) is 4.76. The van der Waals surface area contributed by atoms with E-state index in [1.807, 2.05) is 12.1 Å². The van der Waals surface area contributed by atoms with Crippen LogP contribution in [0.1, 0.15) is 81.6 Å². The molecule has 5 rings (SSSR count). The molecule has 14 nitrogen and oxygen atoms in total. The van der Waals surface area contributed by atoms with E-state index in [1.165, 1.54) is 24.3 Å². The van der Waals surface area contributed by atoms with Gasteiger partial charge in [-0.05, 0) is 98.2 Å². The van der Waals surface area contributed by atoms with Gasteiger partial charge >= 0.3 is 30.0 Å². The Morgan fingerprint density at radius 3 is 2.13 bits per heavy atom. The van der Waals surface area contributed by atoms with E-state index < -0.39 is 54.1 Å². The third kappa shape index (κ3) is 11.9. The SMILES string of the molecule is CC(C)(C)C1CCC(NC(=O)C(=O)NCC[C@H](NC(=O)c2ccc(Nc3nc(NC4(c5ccc(Cl)cc5)CC4)nc(OCC(F)(F)F)n3)cc2)C(=O)O)CC1. The van der Waals surface area contributed by atoms with E-state index in [1.54, 1.807) is 12.1 Å². The van der Waals surface area contributed by atoms with E-state index in [4.69, 9.17) is 16.3 Å². The molecule has 3 aromatic rings. The lowest BCUT2D eigenvalue weighted by Gasteiger charge is -2.37. The van der Waals surface area contributed by atoms with Crippen LogP contribution in [0.2, 0.25) is 5.02 Å². The van der Waals surface area contributed by atoms with Crippen LogP contribution < -0.4 is 31.3 Å². The van der Waals surface area contributed by atoms with Crippen LogP contribution >= 0.6 is 11.6 Å². The van der Waals surface area contributed by atoms with E-state index >= 15 is 0 Å². The molecule has 1 aromatic heterocycles. The molecular formula is C37H44ClF3N8O6. The number of carboxylic acids is 1. The first kappa shape index (κ1) is 41.0. The van der Waals surface area contributed by atoms with Crippen molar-refractivity contribution in [3.8, 4) is 6.01 Å². The standard InChI is InChI=1S/C37H44ClF3N8O6/c1-35(2,3)22-8-14-25(15-9-22)43-30(52)29(51)42-19-16-27(31(53)54)45-28(50)21-4-12-26(13-5-21)44-32-46-33(48-34(47-32)55-20-37(39,40)41)49-36(17-18-36)23-6-10-24(38)11-7-23/h4-7,10-13,22,25,27H,8-9,14-20H2,1-3H3,(H,42,51)(H,43,52)(H,45,50)(H,53,54)(H2,44,46,47,48,49)/t22?,25?,27-/m0/s1. The number of carboxylic acid groups (broad SMARTS) is 1. The van der Waals surface area contributed by atoms with Crippen molar-refractivity contribution in [2.45, 2.75) is 89.5 Å². The number of hydrogen-bond acceptors (Lipinski definition) is 10. The second-order valence-electron chi connectivity index (χ2n) is 14.9. The van der Waals surface area contributed by atoms with Gasteiger partial charge in [0.2, 0.25) is 11.9 Å². The molecule has 296 valence electrons. The number of amides is 3. The van der Waals surface area contributed by atoms with Gasteiger partial charge in [0.1, 0.15) is 6.04 Å². The Balaban J connectivity index is 1.15. The smallest absolute Gasteiger partial charge is 0.422 e. The predicted molar refractivity (Wildman–Crippen MR) is 197 cm³/mol. The average molecular weight is 789 g/mol. The van der Waals surface area contributed by atoms with Crippen molar-refractivity contribution in [2.75, 3.05) is 23.8 Å². The van der Waals surface area contributed by atoms with Crippen LogP contribution in [-0.4, -0.2) is 75.2 Å². The summed E-state index contributed by atoms with van der Waals surface area (Å²) in [6, 6.07) is 10.8. The third-order valence-corrected chi connectivity index (χ3v) is 9.95. The van der Waals surface area contributed by atoms with Crippen LogP contribution in [0.15, 0.2) is 48.5 Å². The van der Waals surface area contributed by atoms with Gasteiger partial charge in [0.25, 0.3) is 5.91 Å². The third-order valence-electron chi connectivity index (χ3n) is 9.70. The normalized spacial score (nSPS) is 18.3. The maximum atomic E-state index is 13.0. The topological polar surface area (TPSA) is 197 Å². The first-order valence-electron chi connectivity index (χ1n) is 17.9. The molecule has 6 N–H and O–H groups in total. The zero-order valence-electron chi connectivity index (χ0n) is 30.6. The van der Waals surface area contributed by atoms with Crippen molar-refractivity contribution in [2.24, 2.45) is 11.3 Å². The van der Waals surface area contributed by atoms with Crippen LogP contribution in [0, 0.1) is 11.3 Å². The second-order valence-corrected chi connectivity index (χ2v) is 15.3. The van der Waals surface area contributed by atoms with Crippen molar-refractivity contribution in [1.29, 1.82) is 0 Å². The summed E-state index contributed by atoms with van der Waals surface area (Å²) >= 11 is 6.03. The number of ether oxygens (including phenoxy) is 1. The quantitative estimate of drug-likeness (QED) is 0.109. The highest BCUT2D eigenvalue weighted by atomic mass is 35.5. The molecule has 18 heteroatoms. The van der Waals surface area contributed by atoms with Crippen LogP contribution in [0.25, 0.3) is 0 Å². The molecule has 3 amide bonds. The van der Waals surface area contributed by atoms with Crippen molar-refractivity contribution in [3.63, 3.8) is 0 Å². The fourth-order valence-corrected chi connectivity index (χ4v) is 6.50. The number of anilines is 3. The minimum absolute atomic E-state index is 0.0341. The highest BCUT2D eigenvalue weighted by Crippen LogP contribution is 2.48. The Hall–Kier alpha value is -5.19. The van der Waals surface area contributed by atoms with E-state index in [0.29, 0.717) is 29.5 Å². The van der Waals surface area contributed by atoms with Gasteiger partial charge in [-0.2, -0.15) is 28.1 Å². The molecule has 2 aliphatic carbocycles. The zero-order valence-corrected chi connectivity index (χ0v) is 31.3. The number of carbonyl (C=O) groups excluding carboxylic acids is 3. The summed E-state index contributed by atoms with van der Waals surface area (Å²) in [5.74, 6) is -3.37. The number of rotatable bonds is 14. The summed E-state index contributed by atoms with van der Waals surface area (Å²) in [5.41, 5.74) is 0.938. The number of carbonyl (C=O) groups is 4. The lowest BCUT2D eigenvalue weighted by molar-refractivity contribution is -0.154. The Bertz CT molecular complexity index is 1850. The molecule has 2 saturated carbocycles. The average Bonchev–Trinajstić information content (AvgIpc) is 3.90. The predicted octanol–water partition coefficient (Wildman–Crippen LogP) is 5.72. The molecule has 0 radical (unpaired) electrons. The molecule has 0 saturated heterocycles. The summed E-state index contributed by atoms with van der Waals surface area (Å²) in [5, 5.41) is 23.9. The number of alkyl halides is 3. The van der Waals surface area contributed by atoms with Crippen LogP contribution in [0.5, 0.6) is 6.01 Å². The Kier molecular flexibility index (Phi) is 12.7. The van der Waals surface area contributed by atoms with Crippen LogP contribution in [0.4, 0.5) is 30.8 Å². The molecule has 2 aliphatic rings. The highest BCUT2D eigenvalue weighted by Gasteiger charge is 2.45. The molecule has 1 atom stereocenters. The molecule has 2 aromatic carbocycles. The van der Waals surface area contributed by atoms with E-state index in [2.05, 4.69) is 62.3 Å². The highest BCUT2D eigenvalue weighted by molar-refractivity contribution is 6.35. The summed E-state index contributed by atoms with van der Waals surface area (Å²) in [6.07, 6.45) is 0.0285. The number of hydrogen-bond donors (Lipinski definition) is 6. The Morgan fingerprint density at radius 2 is 1.55 bits per heavy atom. The number of nitrogens with zero attached hydrogens (tertiary/aromatic N) is 3. The van der Waals surface area contributed by atoms with Crippen molar-refractivity contribution in [3.05, 3.63) is 64.7 Å². The Morgan fingerprint density at radius 1 is 0.909 bits per heavy atom. The van der Waals surface area contributed by atoms with Gasteiger partial charge in [0.15, 0.2) is 6.61 Å². The molecule has 2 fully saturated rings. The minimum Gasteiger partial charge on any atom is -0.480 e. The van der Waals surface area contributed by atoms with E-state index in [9.17, 15) is 37.5 Å². The lowest BCUT2D eigenvalue weighted by atomic mass is 9.71. The number of benzene rings is 2. The second kappa shape index (κ2) is 17.1.